The van der Waals surface area contributed by atoms with E-state index in [1.165, 1.54) is 42.2 Å². The number of hydrogen-bond donors (Lipinski definition) is 3. The molecule has 12 heteroatoms. The molecule has 0 saturated carbocycles. The van der Waals surface area contributed by atoms with Crippen molar-refractivity contribution in [3.8, 4) is 5.75 Å². The van der Waals surface area contributed by atoms with Gasteiger partial charge in [-0.15, -0.1) is 11.8 Å². The second-order valence-electron chi connectivity index (χ2n) is 9.27. The van der Waals surface area contributed by atoms with Crippen LogP contribution in [0.2, 0.25) is 5.02 Å². The molecule has 0 saturated heterocycles. The third kappa shape index (κ3) is 8.67. The first-order valence-corrected chi connectivity index (χ1v) is 13.3. The highest BCUT2D eigenvalue weighted by Gasteiger charge is 2.24. The highest BCUT2D eigenvalue weighted by Crippen LogP contribution is 2.28. The molecule has 0 spiro atoms. The summed E-state index contributed by atoms with van der Waals surface area (Å²) in [5.74, 6) is -2.29. The quantitative estimate of drug-likeness (QED) is 0.236. The number of rotatable bonds is 9. The summed E-state index contributed by atoms with van der Waals surface area (Å²) < 4.78 is 25.1. The molecule has 4 N–H and O–H groups in total. The Kier molecular flexibility index (Phi) is 9.90. The van der Waals surface area contributed by atoms with E-state index < -0.39 is 35.2 Å². The van der Waals surface area contributed by atoms with Gasteiger partial charge >= 0.3 is 5.97 Å². The van der Waals surface area contributed by atoms with Crippen LogP contribution in [0.15, 0.2) is 59.6 Å². The first-order valence-electron chi connectivity index (χ1n) is 11.7. The third-order valence-electron chi connectivity index (χ3n) is 5.00. The van der Waals surface area contributed by atoms with Crippen LogP contribution in [0.1, 0.15) is 41.5 Å². The molecule has 0 aliphatic rings. The molecule has 2 amide bonds. The normalized spacial score (nSPS) is 11.9. The summed E-state index contributed by atoms with van der Waals surface area (Å²) in [7, 11) is 0. The Morgan fingerprint density at radius 1 is 1.05 bits per heavy atom. The van der Waals surface area contributed by atoms with Crippen LogP contribution in [0.25, 0.3) is 0 Å². The van der Waals surface area contributed by atoms with Gasteiger partial charge in [-0.1, -0.05) is 11.6 Å². The minimum Gasteiger partial charge on any atom is -0.490 e. The fourth-order valence-electron chi connectivity index (χ4n) is 3.20. The number of aromatic nitrogens is 1. The van der Waals surface area contributed by atoms with Crippen LogP contribution in [0.3, 0.4) is 0 Å². The van der Waals surface area contributed by atoms with Crippen molar-refractivity contribution in [3.05, 3.63) is 76.7 Å². The van der Waals surface area contributed by atoms with Crippen molar-refractivity contribution in [2.24, 2.45) is 5.73 Å². The molecule has 9 nitrogen and oxygen atoms in total. The number of carbonyl (C=O) groups excluding carboxylic acids is 3. The molecule has 1 heterocycles. The molecule has 1 aromatic heterocycles. The Morgan fingerprint density at radius 3 is 2.41 bits per heavy atom. The summed E-state index contributed by atoms with van der Waals surface area (Å²) in [4.78, 5) is 43.2. The molecule has 3 rings (SSSR count). The van der Waals surface area contributed by atoms with Crippen molar-refractivity contribution in [2.75, 3.05) is 23.5 Å². The zero-order valence-electron chi connectivity index (χ0n) is 21.7. The summed E-state index contributed by atoms with van der Waals surface area (Å²) in [6.07, 6.45) is 3.20. The molecule has 206 valence electrons. The number of thioether (sulfide) groups is 1. The average molecular weight is 575 g/mol. The number of benzene rings is 2. The van der Waals surface area contributed by atoms with E-state index in [9.17, 15) is 18.8 Å². The average Bonchev–Trinajstić information content (AvgIpc) is 2.88. The van der Waals surface area contributed by atoms with Gasteiger partial charge in [-0.3, -0.25) is 14.4 Å². The molecule has 0 bridgehead atoms. The number of nitrogens with two attached hydrogens (primary N) is 1. The highest BCUT2D eigenvalue weighted by atomic mass is 35.5. The first kappa shape index (κ1) is 29.9. The van der Waals surface area contributed by atoms with E-state index in [-0.39, 0.29) is 35.0 Å². The maximum absolute atomic E-state index is 14.1. The second-order valence-corrected chi connectivity index (χ2v) is 10.6. The monoisotopic (exact) mass is 574 g/mol. The number of nitrogens with zero attached hydrogens (tertiary/aromatic N) is 1. The van der Waals surface area contributed by atoms with Gasteiger partial charge in [-0.2, -0.15) is 0 Å². The standard InChI is InChI=1S/C27H28ClFN4O5S/c1-27(2,3)38-26(36)20(30)14-37-22-12-17(39-4)7-8-18(22)24(34)32-21-9-6-16(29)11-19(21)25(35)33-23-10-5-15(28)13-31-23/h5-13,20H,14,30H2,1-4H3,(H,32,34)(H,31,33,35). The minimum atomic E-state index is -1.09. The fourth-order valence-corrected chi connectivity index (χ4v) is 3.74. The lowest BCUT2D eigenvalue weighted by Crippen LogP contribution is -2.41. The SMILES string of the molecule is CSc1ccc(C(=O)Nc2ccc(F)cc2C(=O)Nc2ccc(Cl)cn2)c(OCC(N)C(=O)OC(C)(C)C)c1. The largest absolute Gasteiger partial charge is 0.490 e. The summed E-state index contributed by atoms with van der Waals surface area (Å²) >= 11 is 7.25. The Bertz CT molecular complexity index is 1370. The van der Waals surface area contributed by atoms with Crippen molar-refractivity contribution in [3.63, 3.8) is 0 Å². The number of esters is 1. The van der Waals surface area contributed by atoms with Crippen molar-refractivity contribution < 1.29 is 28.2 Å². The lowest BCUT2D eigenvalue weighted by molar-refractivity contribution is -0.157. The molecule has 39 heavy (non-hydrogen) atoms. The smallest absolute Gasteiger partial charge is 0.326 e. The van der Waals surface area contributed by atoms with Crippen LogP contribution in [0.4, 0.5) is 15.9 Å². The molecule has 3 aromatic rings. The van der Waals surface area contributed by atoms with E-state index >= 15 is 0 Å². The van der Waals surface area contributed by atoms with E-state index in [1.54, 1.807) is 32.9 Å². The number of ether oxygens (including phenoxy) is 2. The molecule has 0 radical (unpaired) electrons. The predicted octanol–water partition coefficient (Wildman–Crippen LogP) is 5.15. The van der Waals surface area contributed by atoms with E-state index in [2.05, 4.69) is 15.6 Å². The zero-order valence-corrected chi connectivity index (χ0v) is 23.3. The number of pyridine rings is 1. The second kappa shape index (κ2) is 12.9. The molecule has 0 aliphatic carbocycles. The Hall–Kier alpha value is -3.67. The van der Waals surface area contributed by atoms with E-state index in [0.717, 1.165) is 17.0 Å². The van der Waals surface area contributed by atoms with Crippen LogP contribution < -0.4 is 21.1 Å². The summed E-state index contributed by atoms with van der Waals surface area (Å²) in [6, 6.07) is 10.2. The summed E-state index contributed by atoms with van der Waals surface area (Å²) in [6.45, 7) is 4.92. The Labute approximate surface area is 234 Å². The van der Waals surface area contributed by atoms with Gasteiger partial charge in [-0.05, 0) is 75.6 Å². The number of carbonyl (C=O) groups is 3. The van der Waals surface area contributed by atoms with Crippen molar-refractivity contribution in [1.82, 2.24) is 4.98 Å². The third-order valence-corrected chi connectivity index (χ3v) is 5.95. The molecule has 0 aliphatic heterocycles. The van der Waals surface area contributed by atoms with Gasteiger partial charge in [0.25, 0.3) is 11.8 Å². The Morgan fingerprint density at radius 2 is 1.77 bits per heavy atom. The van der Waals surface area contributed by atoms with E-state index in [0.29, 0.717) is 5.02 Å². The minimum absolute atomic E-state index is 0.0539. The van der Waals surface area contributed by atoms with Gasteiger partial charge in [-0.25, -0.2) is 9.37 Å². The number of nitrogens with one attached hydrogen (secondary N) is 2. The van der Waals surface area contributed by atoms with Gasteiger partial charge in [0, 0.05) is 11.1 Å². The topological polar surface area (TPSA) is 133 Å². The van der Waals surface area contributed by atoms with Gasteiger partial charge in [0.05, 0.1) is 21.8 Å². The van der Waals surface area contributed by atoms with Crippen LogP contribution in [-0.2, 0) is 9.53 Å². The van der Waals surface area contributed by atoms with Crippen LogP contribution in [0, 0.1) is 5.82 Å². The van der Waals surface area contributed by atoms with Gasteiger partial charge in [0.1, 0.15) is 35.6 Å². The lowest BCUT2D eigenvalue weighted by atomic mass is 10.1. The summed E-state index contributed by atoms with van der Waals surface area (Å²) in [5.41, 5.74) is 5.25. The predicted molar refractivity (Wildman–Crippen MR) is 149 cm³/mol. The number of anilines is 2. The number of amides is 2. The maximum atomic E-state index is 14.1. The van der Waals surface area contributed by atoms with Gasteiger partial charge in [0.2, 0.25) is 0 Å². The lowest BCUT2D eigenvalue weighted by Gasteiger charge is -2.22. The molecule has 1 atom stereocenters. The molecule has 0 fully saturated rings. The van der Waals surface area contributed by atoms with Gasteiger partial charge < -0.3 is 25.8 Å². The van der Waals surface area contributed by atoms with Gasteiger partial charge in [0.15, 0.2) is 0 Å². The van der Waals surface area contributed by atoms with Crippen molar-refractivity contribution >= 4 is 52.7 Å². The van der Waals surface area contributed by atoms with Crippen molar-refractivity contribution in [2.45, 2.75) is 37.3 Å². The van der Waals surface area contributed by atoms with E-state index in [1.807, 2.05) is 6.26 Å². The number of hydrogen-bond acceptors (Lipinski definition) is 8. The molecule has 2 aromatic carbocycles. The molecular formula is C27H28ClFN4O5S. The number of halogens is 2. The van der Waals surface area contributed by atoms with Crippen LogP contribution in [0.5, 0.6) is 5.75 Å². The highest BCUT2D eigenvalue weighted by molar-refractivity contribution is 7.98. The van der Waals surface area contributed by atoms with Crippen LogP contribution in [-0.4, -0.2) is 47.3 Å². The zero-order chi connectivity index (χ0) is 28.7. The fraction of sp³-hybridized carbons (Fsp3) is 0.259. The van der Waals surface area contributed by atoms with Crippen molar-refractivity contribution in [1.29, 1.82) is 0 Å². The van der Waals surface area contributed by atoms with E-state index in [4.69, 9.17) is 26.8 Å². The first-order chi connectivity index (χ1) is 18.4. The maximum Gasteiger partial charge on any atom is 0.326 e. The summed E-state index contributed by atoms with van der Waals surface area (Å²) in [5, 5.41) is 5.55. The molecular weight excluding hydrogens is 547 g/mol. The Balaban J connectivity index is 1.82. The van der Waals surface area contributed by atoms with Crippen LogP contribution >= 0.6 is 23.4 Å². The molecule has 1 unspecified atom stereocenters.